The molecule has 3 aromatic carbocycles. The molecule has 23 nitrogen and oxygen atoms in total. The van der Waals surface area contributed by atoms with Crippen LogP contribution >= 0.6 is 31.9 Å². The van der Waals surface area contributed by atoms with Crippen LogP contribution in [0.15, 0.2) is 57.6 Å². The first-order chi connectivity index (χ1) is 30.5. The van der Waals surface area contributed by atoms with Crippen molar-refractivity contribution in [2.24, 2.45) is 13.0 Å². The number of esters is 1. The summed E-state index contributed by atoms with van der Waals surface area (Å²) in [5.74, 6) is -0.237. The van der Waals surface area contributed by atoms with Crippen molar-refractivity contribution >= 4 is 78.2 Å². The van der Waals surface area contributed by atoms with Gasteiger partial charge < -0.3 is 44.7 Å². The highest BCUT2D eigenvalue weighted by Crippen LogP contribution is 2.40. The molecule has 2 heterocycles. The van der Waals surface area contributed by atoms with E-state index in [1.54, 1.807) is 39.6 Å². The van der Waals surface area contributed by atoms with E-state index in [-0.39, 0.29) is 58.4 Å². The third kappa shape index (κ3) is 12.6. The van der Waals surface area contributed by atoms with Crippen LogP contribution in [0.3, 0.4) is 0 Å². The van der Waals surface area contributed by atoms with E-state index >= 15 is 0 Å². The molecule has 1 fully saturated rings. The maximum atomic E-state index is 12.5. The zero-order valence-corrected chi connectivity index (χ0v) is 38.4. The Morgan fingerprint density at radius 1 is 0.844 bits per heavy atom. The van der Waals surface area contributed by atoms with Gasteiger partial charge in [-0.3, -0.25) is 29.8 Å². The Morgan fingerprint density at radius 3 is 1.98 bits per heavy atom. The standard InChI is InChI=1S/C22H26N8O4.C9H8BrNO5.C8H8BrNO4/c1-23-22(32)19-15(9-18(27-28-19)26-21(31)13-5-6-13)25-16-8-12(11-33-3)7-14(20(16)34-4)17-10-24-30(2)29-17;1-15-8-6(10)3-5(9(12)16-2)4-7(8)11(13)14;1-14-8-6(9)2-5(4-11)3-7(8)10(12)13/h7-10,13H,5-6,11H2,1-4H3,(H,23,32)(H2,25,26,27,31);3-4H,1-2H3;2-3,11H,4H2,1H3. The number of methoxy groups -OCH3 is 5. The van der Waals surface area contributed by atoms with Gasteiger partial charge in [0.25, 0.3) is 5.91 Å². The van der Waals surface area contributed by atoms with Gasteiger partial charge in [0.2, 0.25) is 17.4 Å². The first-order valence-electron chi connectivity index (χ1n) is 18.5. The fourth-order valence-corrected chi connectivity index (χ4v) is 6.95. The van der Waals surface area contributed by atoms with Crippen molar-refractivity contribution in [2.75, 3.05) is 53.2 Å². The maximum absolute atomic E-state index is 12.5. The second kappa shape index (κ2) is 23.0. The molecule has 0 radical (unpaired) electrons. The van der Waals surface area contributed by atoms with Crippen molar-refractivity contribution in [1.29, 1.82) is 0 Å². The minimum atomic E-state index is -0.647. The van der Waals surface area contributed by atoms with Crippen LogP contribution in [0.2, 0.25) is 0 Å². The number of anilines is 3. The van der Waals surface area contributed by atoms with Crippen LogP contribution in [0.25, 0.3) is 11.3 Å². The number of nitro benzene ring substituents is 2. The molecule has 0 saturated heterocycles. The van der Waals surface area contributed by atoms with Gasteiger partial charge in [-0.2, -0.15) is 15.0 Å². The molecule has 1 saturated carbocycles. The Bertz CT molecular complexity index is 2540. The van der Waals surface area contributed by atoms with Gasteiger partial charge in [-0.15, -0.1) is 10.2 Å². The summed E-state index contributed by atoms with van der Waals surface area (Å²) in [6, 6.07) is 10.7. The lowest BCUT2D eigenvalue weighted by molar-refractivity contribution is -0.386. The Labute approximate surface area is 381 Å². The molecule has 25 heteroatoms. The van der Waals surface area contributed by atoms with Crippen LogP contribution in [-0.2, 0) is 34.5 Å². The van der Waals surface area contributed by atoms with Crippen LogP contribution in [0.1, 0.15) is 44.8 Å². The molecule has 1 aliphatic carbocycles. The average molecular weight is 1020 g/mol. The summed E-state index contributed by atoms with van der Waals surface area (Å²) in [4.78, 5) is 57.6. The lowest BCUT2D eigenvalue weighted by atomic mass is 10.0. The van der Waals surface area contributed by atoms with E-state index in [0.717, 1.165) is 24.5 Å². The van der Waals surface area contributed by atoms with Crippen molar-refractivity contribution in [3.05, 3.63) is 100 Å². The molecule has 1 aliphatic rings. The number of hydrogen-bond acceptors (Lipinski definition) is 18. The molecule has 5 aromatic rings. The zero-order chi connectivity index (χ0) is 47.2. The normalized spacial score (nSPS) is 11.4. The second-order valence-electron chi connectivity index (χ2n) is 13.1. The Kier molecular flexibility index (Phi) is 17.9. The molecule has 4 N–H and O–H groups in total. The quantitative estimate of drug-likeness (QED) is 0.0540. The number of aliphatic hydroxyl groups excluding tert-OH is 1. The first-order valence-corrected chi connectivity index (χ1v) is 20.1. The number of aryl methyl sites for hydroxylation is 1. The van der Waals surface area contributed by atoms with E-state index in [4.69, 9.17) is 24.1 Å². The predicted octanol–water partition coefficient (Wildman–Crippen LogP) is 5.89. The van der Waals surface area contributed by atoms with Gasteiger partial charge in [0, 0.05) is 50.9 Å². The number of rotatable bonds is 15. The van der Waals surface area contributed by atoms with Gasteiger partial charge >= 0.3 is 17.3 Å². The predicted molar refractivity (Wildman–Crippen MR) is 236 cm³/mol. The summed E-state index contributed by atoms with van der Waals surface area (Å²) < 4.78 is 26.0. The average Bonchev–Trinajstić information content (AvgIpc) is 4.05. The summed E-state index contributed by atoms with van der Waals surface area (Å²) in [6.45, 7) is 0.0922. The number of aliphatic hydroxyl groups is 1. The van der Waals surface area contributed by atoms with Crippen molar-refractivity contribution in [3.8, 4) is 28.5 Å². The summed E-state index contributed by atoms with van der Waals surface area (Å²) in [5, 5.41) is 55.4. The highest BCUT2D eigenvalue weighted by atomic mass is 79.9. The second-order valence-corrected chi connectivity index (χ2v) is 14.8. The first kappa shape index (κ1) is 49.8. The monoisotopic (exact) mass is 1020 g/mol. The molecular formula is C39H42Br2N10O13. The van der Waals surface area contributed by atoms with Crippen LogP contribution < -0.4 is 30.2 Å². The van der Waals surface area contributed by atoms with Crippen molar-refractivity contribution in [3.63, 3.8) is 0 Å². The van der Waals surface area contributed by atoms with E-state index < -0.39 is 21.7 Å². The topological polar surface area (TPSA) is 296 Å². The number of aromatic nitrogens is 5. The fraction of sp³-hybridized carbons (Fsp3) is 0.308. The van der Waals surface area contributed by atoms with Gasteiger partial charge in [0.1, 0.15) is 5.69 Å². The summed E-state index contributed by atoms with van der Waals surface area (Å²) in [5.41, 5.74) is 3.20. The molecule has 6 rings (SSSR count). The fourth-order valence-electron chi connectivity index (χ4n) is 5.68. The summed E-state index contributed by atoms with van der Waals surface area (Å²) >= 11 is 6.21. The lowest BCUT2D eigenvalue weighted by Gasteiger charge is -2.18. The van der Waals surface area contributed by atoms with Gasteiger partial charge in [-0.25, -0.2) is 4.79 Å². The minimum Gasteiger partial charge on any atom is -0.494 e. The molecule has 0 bridgehead atoms. The largest absolute Gasteiger partial charge is 0.494 e. The number of carbonyl (C=O) groups excluding carboxylic acids is 3. The highest BCUT2D eigenvalue weighted by molar-refractivity contribution is 9.11. The van der Waals surface area contributed by atoms with Crippen molar-refractivity contribution in [2.45, 2.75) is 26.1 Å². The SMILES string of the molecule is CNC(=O)c1nnc(NC(=O)C2CC2)cc1Nc1cc(COC)cc(-c2cnn(C)n2)c1OC.COC(=O)c1cc(Br)c(OC)c([N+](=O)[O-])c1.COc1c(Br)cc(CO)cc1[N+](=O)[O-]. The number of benzene rings is 3. The number of carbonyl (C=O) groups is 3. The Balaban J connectivity index is 0.000000247. The molecule has 64 heavy (non-hydrogen) atoms. The molecule has 2 amide bonds. The minimum absolute atomic E-state index is 0.00261. The van der Waals surface area contributed by atoms with E-state index in [2.05, 4.69) is 72.9 Å². The number of hydrogen-bond donors (Lipinski definition) is 4. The number of nitro groups is 2. The van der Waals surface area contributed by atoms with E-state index in [1.807, 2.05) is 12.1 Å². The third-order valence-corrected chi connectivity index (χ3v) is 9.94. The third-order valence-electron chi connectivity index (χ3n) is 8.76. The summed E-state index contributed by atoms with van der Waals surface area (Å²) in [7, 11) is 10.2. The molecule has 340 valence electrons. The van der Waals surface area contributed by atoms with Crippen molar-refractivity contribution < 1.29 is 53.0 Å². The zero-order valence-electron chi connectivity index (χ0n) is 35.3. The van der Waals surface area contributed by atoms with Gasteiger partial charge in [0.15, 0.2) is 17.3 Å². The summed E-state index contributed by atoms with van der Waals surface area (Å²) in [6.07, 6.45) is 3.35. The van der Waals surface area contributed by atoms with Gasteiger partial charge in [0.05, 0.1) is 83.6 Å². The van der Waals surface area contributed by atoms with Crippen molar-refractivity contribution in [1.82, 2.24) is 30.5 Å². The van der Waals surface area contributed by atoms with Crippen LogP contribution in [0, 0.1) is 26.1 Å². The molecule has 0 atom stereocenters. The number of amides is 2. The van der Waals surface area contributed by atoms with Crippen LogP contribution in [-0.4, -0.2) is 101 Å². The number of nitrogens with one attached hydrogen (secondary N) is 3. The van der Waals surface area contributed by atoms with Crippen LogP contribution in [0.5, 0.6) is 17.2 Å². The van der Waals surface area contributed by atoms with Gasteiger partial charge in [-0.1, -0.05) is 0 Å². The Morgan fingerprint density at radius 2 is 1.47 bits per heavy atom. The molecule has 2 aromatic heterocycles. The molecule has 0 aliphatic heterocycles. The van der Waals surface area contributed by atoms with E-state index in [9.17, 15) is 34.6 Å². The molecular weight excluding hydrogens is 976 g/mol. The number of ether oxygens (including phenoxy) is 5. The smallest absolute Gasteiger partial charge is 0.338 e. The Hall–Kier alpha value is -6.83. The van der Waals surface area contributed by atoms with Gasteiger partial charge in [-0.05, 0) is 80.1 Å². The lowest BCUT2D eigenvalue weighted by Crippen LogP contribution is -2.22. The van der Waals surface area contributed by atoms with Crippen LogP contribution in [0.4, 0.5) is 28.6 Å². The van der Waals surface area contributed by atoms with E-state index in [0.29, 0.717) is 49.5 Å². The number of nitrogens with zero attached hydrogens (tertiary/aromatic N) is 7. The van der Waals surface area contributed by atoms with E-state index in [1.165, 1.54) is 45.3 Å². The number of halogens is 2. The maximum Gasteiger partial charge on any atom is 0.338 e. The molecule has 0 unspecified atom stereocenters. The molecule has 0 spiro atoms. The highest BCUT2D eigenvalue weighted by Gasteiger charge is 2.30.